The number of hydrogen-bond acceptors (Lipinski definition) is 5. The zero-order valence-electron chi connectivity index (χ0n) is 16.1. The molecule has 2 fully saturated rings. The lowest BCUT2D eigenvalue weighted by Crippen LogP contribution is -2.49. The number of halogens is 2. The van der Waals surface area contributed by atoms with Gasteiger partial charge in [0.2, 0.25) is 0 Å². The summed E-state index contributed by atoms with van der Waals surface area (Å²) in [5.41, 5.74) is 1.93. The van der Waals surface area contributed by atoms with Crippen LogP contribution < -0.4 is 4.90 Å². The van der Waals surface area contributed by atoms with Crippen LogP contribution in [0.4, 0.5) is 14.6 Å². The molecule has 4 heterocycles. The second-order valence-corrected chi connectivity index (χ2v) is 7.64. The van der Waals surface area contributed by atoms with Gasteiger partial charge in [-0.25, -0.2) is 18.7 Å². The first-order chi connectivity index (χ1) is 14.2. The first kappa shape index (κ1) is 18.4. The molecule has 152 valence electrons. The van der Waals surface area contributed by atoms with Crippen molar-refractivity contribution in [3.63, 3.8) is 0 Å². The highest BCUT2D eigenvalue weighted by molar-refractivity contribution is 5.88. The molecule has 2 aliphatic rings. The number of benzene rings is 1. The van der Waals surface area contributed by atoms with E-state index in [1.807, 2.05) is 6.07 Å². The number of hydrogen-bond donors (Lipinski definition) is 1. The Morgan fingerprint density at radius 1 is 1.00 bits per heavy atom. The molecule has 3 aromatic rings. The number of imidazole rings is 1. The van der Waals surface area contributed by atoms with Gasteiger partial charge >= 0.3 is 0 Å². The molecule has 8 heteroatoms. The first-order valence-corrected chi connectivity index (χ1v) is 10.1. The summed E-state index contributed by atoms with van der Waals surface area (Å²) in [6.07, 6.45) is 3.90. The minimum absolute atomic E-state index is 0.385. The first-order valence-electron chi connectivity index (χ1n) is 10.1. The molecule has 0 radical (unpaired) electrons. The quantitative estimate of drug-likeness (QED) is 0.733. The van der Waals surface area contributed by atoms with Crippen molar-refractivity contribution in [3.8, 4) is 11.4 Å². The van der Waals surface area contributed by atoms with E-state index in [1.54, 1.807) is 6.20 Å². The molecule has 2 saturated heterocycles. The zero-order chi connectivity index (χ0) is 19.8. The average Bonchev–Trinajstić information content (AvgIpc) is 3.18. The molecule has 0 unspecified atom stereocenters. The van der Waals surface area contributed by atoms with Gasteiger partial charge in [0.1, 0.15) is 23.0 Å². The standard InChI is InChI=1S/C21H23F2N5O/c22-15-11-14(12-16(23)13-15)20-25-18-1-4-24-21(19(18)26-20)28-5-2-17(3-6-28)27-7-9-29-10-8-27/h1,4,11-13,17H,2-3,5-10H2,(H,25,26). The zero-order valence-corrected chi connectivity index (χ0v) is 16.1. The molecule has 1 aromatic carbocycles. The Bertz CT molecular complexity index is 989. The fourth-order valence-electron chi connectivity index (χ4n) is 4.37. The van der Waals surface area contributed by atoms with Gasteiger partial charge in [-0.15, -0.1) is 0 Å². The van der Waals surface area contributed by atoms with E-state index in [0.29, 0.717) is 17.4 Å². The van der Waals surface area contributed by atoms with Crippen LogP contribution in [0.15, 0.2) is 30.5 Å². The van der Waals surface area contributed by atoms with Gasteiger partial charge in [-0.3, -0.25) is 4.90 Å². The van der Waals surface area contributed by atoms with Crippen molar-refractivity contribution in [2.45, 2.75) is 18.9 Å². The molecular formula is C21H23F2N5O. The molecule has 0 atom stereocenters. The molecule has 0 aliphatic carbocycles. The van der Waals surface area contributed by atoms with Crippen LogP contribution in [-0.2, 0) is 4.74 Å². The lowest BCUT2D eigenvalue weighted by atomic mass is 10.0. The lowest BCUT2D eigenvalue weighted by molar-refractivity contribution is 0.0115. The van der Waals surface area contributed by atoms with Crippen LogP contribution in [0.3, 0.4) is 0 Å². The molecule has 1 N–H and O–H groups in total. The maximum Gasteiger partial charge on any atom is 0.156 e. The highest BCUT2D eigenvalue weighted by atomic mass is 19.1. The topological polar surface area (TPSA) is 57.3 Å². The van der Waals surface area contributed by atoms with Crippen LogP contribution in [0.2, 0.25) is 0 Å². The summed E-state index contributed by atoms with van der Waals surface area (Å²) in [6, 6.07) is 5.84. The summed E-state index contributed by atoms with van der Waals surface area (Å²) in [6.45, 7) is 5.46. The molecule has 0 spiro atoms. The summed E-state index contributed by atoms with van der Waals surface area (Å²) < 4.78 is 32.7. The van der Waals surface area contributed by atoms with E-state index >= 15 is 0 Å². The third-order valence-corrected chi connectivity index (χ3v) is 5.84. The molecular weight excluding hydrogens is 376 g/mol. The van der Waals surface area contributed by atoms with E-state index in [9.17, 15) is 8.78 Å². The predicted molar refractivity (Wildman–Crippen MR) is 107 cm³/mol. The Morgan fingerprint density at radius 3 is 2.45 bits per heavy atom. The number of rotatable bonds is 3. The fraction of sp³-hybridized carbons (Fsp3) is 0.429. The number of nitrogens with zero attached hydrogens (tertiary/aromatic N) is 4. The Labute approximate surface area is 167 Å². The van der Waals surface area contributed by atoms with Gasteiger partial charge in [0.25, 0.3) is 0 Å². The third kappa shape index (κ3) is 3.70. The van der Waals surface area contributed by atoms with Crippen LogP contribution in [0.25, 0.3) is 22.4 Å². The third-order valence-electron chi connectivity index (χ3n) is 5.84. The monoisotopic (exact) mass is 399 g/mol. The molecule has 29 heavy (non-hydrogen) atoms. The van der Waals surface area contributed by atoms with Gasteiger partial charge < -0.3 is 14.6 Å². The van der Waals surface area contributed by atoms with E-state index < -0.39 is 11.6 Å². The second kappa shape index (κ2) is 7.68. The molecule has 5 rings (SSSR count). The Hall–Kier alpha value is -2.58. The maximum absolute atomic E-state index is 13.6. The molecule has 0 bridgehead atoms. The predicted octanol–water partition coefficient (Wildman–Crippen LogP) is 3.20. The van der Waals surface area contributed by atoms with Crippen LogP contribution in [0.1, 0.15) is 12.8 Å². The number of H-pyrrole nitrogens is 1. The SMILES string of the molecule is Fc1cc(F)cc(-c2nc3c(N4CCC(N5CCOCC5)CC4)nccc3[nH]2)c1. The van der Waals surface area contributed by atoms with E-state index in [-0.39, 0.29) is 0 Å². The van der Waals surface area contributed by atoms with Gasteiger partial charge in [-0.2, -0.15) is 0 Å². The number of aromatic amines is 1. The van der Waals surface area contributed by atoms with Gasteiger partial charge in [-0.05, 0) is 31.0 Å². The van der Waals surface area contributed by atoms with Crippen LogP contribution in [0.5, 0.6) is 0 Å². The van der Waals surface area contributed by atoms with E-state index in [1.165, 1.54) is 12.1 Å². The van der Waals surface area contributed by atoms with Gasteiger partial charge in [0.05, 0.1) is 18.7 Å². The van der Waals surface area contributed by atoms with Crippen molar-refractivity contribution in [3.05, 3.63) is 42.1 Å². The summed E-state index contributed by atoms with van der Waals surface area (Å²) in [5, 5.41) is 0. The highest BCUT2D eigenvalue weighted by Crippen LogP contribution is 2.29. The van der Waals surface area contributed by atoms with Gasteiger partial charge in [0.15, 0.2) is 5.82 Å². The average molecular weight is 399 g/mol. The molecule has 0 saturated carbocycles. The largest absolute Gasteiger partial charge is 0.379 e. The lowest BCUT2D eigenvalue weighted by Gasteiger charge is -2.40. The number of pyridine rings is 1. The minimum atomic E-state index is -0.621. The molecule has 6 nitrogen and oxygen atoms in total. The summed E-state index contributed by atoms with van der Waals surface area (Å²) >= 11 is 0. The highest BCUT2D eigenvalue weighted by Gasteiger charge is 2.27. The number of ether oxygens (including phenoxy) is 1. The fourth-order valence-corrected chi connectivity index (χ4v) is 4.37. The van der Waals surface area contributed by atoms with Crippen molar-refractivity contribution in [1.82, 2.24) is 19.9 Å². The number of fused-ring (bicyclic) bond motifs is 1. The Balaban J connectivity index is 1.39. The van der Waals surface area contributed by atoms with E-state index in [2.05, 4.69) is 24.8 Å². The van der Waals surface area contributed by atoms with Crippen LogP contribution in [0, 0.1) is 11.6 Å². The molecule has 2 aromatic heterocycles. The van der Waals surface area contributed by atoms with Crippen molar-refractivity contribution in [2.75, 3.05) is 44.3 Å². The number of aromatic nitrogens is 3. The van der Waals surface area contributed by atoms with Crippen LogP contribution >= 0.6 is 0 Å². The summed E-state index contributed by atoms with van der Waals surface area (Å²) in [7, 11) is 0. The number of piperidine rings is 1. The van der Waals surface area contributed by atoms with Gasteiger partial charge in [-0.1, -0.05) is 0 Å². The van der Waals surface area contributed by atoms with Crippen molar-refractivity contribution >= 4 is 16.9 Å². The van der Waals surface area contributed by atoms with E-state index in [0.717, 1.165) is 75.2 Å². The van der Waals surface area contributed by atoms with Crippen molar-refractivity contribution < 1.29 is 13.5 Å². The van der Waals surface area contributed by atoms with Crippen LogP contribution in [-0.4, -0.2) is 65.3 Å². The Kier molecular flexibility index (Phi) is 4.89. The second-order valence-electron chi connectivity index (χ2n) is 7.64. The number of morpholine rings is 1. The van der Waals surface area contributed by atoms with Gasteiger partial charge in [0, 0.05) is 50.0 Å². The summed E-state index contributed by atoms with van der Waals surface area (Å²) in [4.78, 5) is 17.2. The summed E-state index contributed by atoms with van der Waals surface area (Å²) in [5.74, 6) is 0.0196. The minimum Gasteiger partial charge on any atom is -0.379 e. The maximum atomic E-state index is 13.6. The van der Waals surface area contributed by atoms with Crippen molar-refractivity contribution in [1.29, 1.82) is 0 Å². The molecule has 0 amide bonds. The smallest absolute Gasteiger partial charge is 0.156 e. The van der Waals surface area contributed by atoms with Crippen molar-refractivity contribution in [2.24, 2.45) is 0 Å². The van der Waals surface area contributed by atoms with E-state index in [4.69, 9.17) is 4.74 Å². The number of nitrogens with one attached hydrogen (secondary N) is 1. The normalized spacial score (nSPS) is 19.2. The molecule has 2 aliphatic heterocycles. The number of anilines is 1. The Morgan fingerprint density at radius 2 is 1.72 bits per heavy atom.